The van der Waals surface area contributed by atoms with Gasteiger partial charge in [0.1, 0.15) is 0 Å². The van der Waals surface area contributed by atoms with Crippen molar-refractivity contribution in [3.05, 3.63) is 22.4 Å². The van der Waals surface area contributed by atoms with Crippen LogP contribution in [0.2, 0.25) is 0 Å². The monoisotopic (exact) mass is 280 g/mol. The first kappa shape index (κ1) is 15.0. The molecule has 0 saturated carbocycles. The largest absolute Gasteiger partial charge is 0.306 e. The summed E-state index contributed by atoms with van der Waals surface area (Å²) in [7, 11) is 2.25. The zero-order valence-corrected chi connectivity index (χ0v) is 13.4. The van der Waals surface area contributed by atoms with Crippen molar-refractivity contribution in [1.82, 2.24) is 10.2 Å². The molecule has 2 heterocycles. The molecule has 0 radical (unpaired) electrons. The van der Waals surface area contributed by atoms with Crippen molar-refractivity contribution in [1.29, 1.82) is 0 Å². The molecule has 1 aliphatic rings. The van der Waals surface area contributed by atoms with E-state index in [-0.39, 0.29) is 0 Å². The molecular formula is C16H28N2S. The molecule has 1 fully saturated rings. The van der Waals surface area contributed by atoms with E-state index in [1.807, 2.05) is 11.3 Å². The molecule has 1 N–H and O–H groups in total. The van der Waals surface area contributed by atoms with Crippen molar-refractivity contribution in [3.63, 3.8) is 0 Å². The number of thiophene rings is 1. The summed E-state index contributed by atoms with van der Waals surface area (Å²) in [6, 6.07) is 5.61. The van der Waals surface area contributed by atoms with Gasteiger partial charge in [0.05, 0.1) is 0 Å². The van der Waals surface area contributed by atoms with Gasteiger partial charge in [0, 0.05) is 23.5 Å². The second-order valence-corrected chi connectivity index (χ2v) is 6.96. The van der Waals surface area contributed by atoms with E-state index in [1.165, 1.54) is 43.6 Å². The van der Waals surface area contributed by atoms with E-state index < -0.39 is 0 Å². The molecule has 1 aromatic heterocycles. The van der Waals surface area contributed by atoms with Crippen LogP contribution >= 0.6 is 11.3 Å². The molecule has 0 amide bonds. The number of nitrogens with one attached hydrogen (secondary N) is 1. The maximum Gasteiger partial charge on any atom is 0.0416 e. The van der Waals surface area contributed by atoms with Crippen molar-refractivity contribution >= 4 is 11.3 Å². The van der Waals surface area contributed by atoms with Crippen LogP contribution in [-0.4, -0.2) is 31.1 Å². The first-order chi connectivity index (χ1) is 9.20. The number of hydrogen-bond donors (Lipinski definition) is 1. The topological polar surface area (TPSA) is 15.3 Å². The normalized spacial score (nSPS) is 24.3. The summed E-state index contributed by atoms with van der Waals surface area (Å²) < 4.78 is 0. The van der Waals surface area contributed by atoms with Crippen LogP contribution in [0.3, 0.4) is 0 Å². The van der Waals surface area contributed by atoms with Crippen LogP contribution < -0.4 is 5.32 Å². The third-order valence-corrected chi connectivity index (χ3v) is 5.28. The van der Waals surface area contributed by atoms with Crippen molar-refractivity contribution in [2.45, 2.75) is 51.6 Å². The molecule has 1 saturated heterocycles. The molecule has 1 aliphatic heterocycles. The van der Waals surface area contributed by atoms with Crippen LogP contribution in [0, 0.1) is 5.92 Å². The second kappa shape index (κ2) is 7.41. The van der Waals surface area contributed by atoms with Gasteiger partial charge in [0.2, 0.25) is 0 Å². The van der Waals surface area contributed by atoms with Crippen LogP contribution in [0.5, 0.6) is 0 Å². The van der Waals surface area contributed by atoms with E-state index in [2.05, 4.69) is 48.6 Å². The van der Waals surface area contributed by atoms with Gasteiger partial charge in [0.15, 0.2) is 0 Å². The Morgan fingerprint density at radius 1 is 1.53 bits per heavy atom. The van der Waals surface area contributed by atoms with Crippen LogP contribution in [-0.2, 0) is 0 Å². The zero-order valence-electron chi connectivity index (χ0n) is 12.6. The molecule has 1 aromatic rings. The van der Waals surface area contributed by atoms with Crippen LogP contribution in [0.15, 0.2) is 17.5 Å². The van der Waals surface area contributed by atoms with E-state index >= 15 is 0 Å². The molecule has 108 valence electrons. The van der Waals surface area contributed by atoms with Gasteiger partial charge in [-0.1, -0.05) is 19.4 Å². The Morgan fingerprint density at radius 3 is 3.00 bits per heavy atom. The fourth-order valence-electron chi connectivity index (χ4n) is 3.15. The highest BCUT2D eigenvalue weighted by Gasteiger charge is 2.25. The number of nitrogens with zero attached hydrogens (tertiary/aromatic N) is 1. The van der Waals surface area contributed by atoms with Crippen molar-refractivity contribution < 1.29 is 0 Å². The summed E-state index contributed by atoms with van der Waals surface area (Å²) in [5.74, 6) is 0.804. The molecule has 0 aliphatic carbocycles. The minimum atomic E-state index is 0.548. The van der Waals surface area contributed by atoms with E-state index in [0.717, 1.165) is 5.92 Å². The molecular weight excluding hydrogens is 252 g/mol. The second-order valence-electron chi connectivity index (χ2n) is 5.98. The molecule has 0 spiro atoms. The highest BCUT2D eigenvalue weighted by Crippen LogP contribution is 2.26. The first-order valence-corrected chi connectivity index (χ1v) is 8.56. The summed E-state index contributed by atoms with van der Waals surface area (Å²) in [4.78, 5) is 3.98. The Labute approximate surface area is 122 Å². The fourth-order valence-corrected chi connectivity index (χ4v) is 3.98. The maximum atomic E-state index is 3.89. The van der Waals surface area contributed by atoms with Gasteiger partial charge in [0.25, 0.3) is 0 Å². The lowest BCUT2D eigenvalue weighted by atomic mass is 9.91. The Balaban J connectivity index is 1.92. The maximum absolute atomic E-state index is 3.89. The third kappa shape index (κ3) is 4.30. The lowest BCUT2D eigenvalue weighted by Gasteiger charge is -2.35. The average molecular weight is 280 g/mol. The Bertz CT molecular complexity index is 350. The number of rotatable bonds is 6. The SMILES string of the molecule is CCCC(NC(C)C1CCCN(C)C1)c1cccs1. The average Bonchev–Trinajstić information content (AvgIpc) is 2.92. The molecule has 2 rings (SSSR count). The van der Waals surface area contributed by atoms with Gasteiger partial charge in [-0.25, -0.2) is 0 Å². The molecule has 3 atom stereocenters. The van der Waals surface area contributed by atoms with E-state index in [1.54, 1.807) is 0 Å². The molecule has 19 heavy (non-hydrogen) atoms. The van der Waals surface area contributed by atoms with Crippen molar-refractivity contribution in [2.24, 2.45) is 5.92 Å². The van der Waals surface area contributed by atoms with E-state index in [4.69, 9.17) is 0 Å². The predicted molar refractivity (Wildman–Crippen MR) is 84.8 cm³/mol. The Hall–Kier alpha value is -0.380. The van der Waals surface area contributed by atoms with Gasteiger partial charge >= 0.3 is 0 Å². The van der Waals surface area contributed by atoms with Crippen LogP contribution in [0.1, 0.15) is 50.4 Å². The summed E-state index contributed by atoms with van der Waals surface area (Å²) in [6.45, 7) is 7.17. The van der Waals surface area contributed by atoms with Gasteiger partial charge in [-0.2, -0.15) is 0 Å². The lowest BCUT2D eigenvalue weighted by Crippen LogP contribution is -2.44. The quantitative estimate of drug-likeness (QED) is 0.850. The summed E-state index contributed by atoms with van der Waals surface area (Å²) in [5, 5.41) is 6.09. The molecule has 2 nitrogen and oxygen atoms in total. The fraction of sp³-hybridized carbons (Fsp3) is 0.750. The summed E-state index contributed by atoms with van der Waals surface area (Å²) in [6.07, 6.45) is 5.21. The zero-order chi connectivity index (χ0) is 13.7. The number of likely N-dealkylation sites (tertiary alicyclic amines) is 1. The van der Waals surface area contributed by atoms with Gasteiger partial charge in [-0.15, -0.1) is 11.3 Å². The number of hydrogen-bond acceptors (Lipinski definition) is 3. The van der Waals surface area contributed by atoms with E-state index in [0.29, 0.717) is 12.1 Å². The summed E-state index contributed by atoms with van der Waals surface area (Å²) >= 11 is 1.89. The van der Waals surface area contributed by atoms with Crippen LogP contribution in [0.4, 0.5) is 0 Å². The Kier molecular flexibility index (Phi) is 5.86. The molecule has 0 aromatic carbocycles. The molecule has 3 heteroatoms. The standard InChI is InChI=1S/C16H28N2S/c1-4-7-15(16-9-6-11-19-16)17-13(2)14-8-5-10-18(3)12-14/h6,9,11,13-15,17H,4-5,7-8,10,12H2,1-3H3. The first-order valence-electron chi connectivity index (χ1n) is 7.68. The minimum Gasteiger partial charge on any atom is -0.306 e. The van der Waals surface area contributed by atoms with Crippen molar-refractivity contribution in [3.8, 4) is 0 Å². The molecule has 0 bridgehead atoms. The summed E-state index contributed by atoms with van der Waals surface area (Å²) in [5.41, 5.74) is 0. The lowest BCUT2D eigenvalue weighted by molar-refractivity contribution is 0.172. The van der Waals surface area contributed by atoms with Crippen molar-refractivity contribution in [2.75, 3.05) is 20.1 Å². The Morgan fingerprint density at radius 2 is 2.37 bits per heavy atom. The van der Waals surface area contributed by atoms with Gasteiger partial charge in [-0.3, -0.25) is 0 Å². The number of piperidine rings is 1. The molecule has 3 unspecified atom stereocenters. The smallest absolute Gasteiger partial charge is 0.0416 e. The highest BCUT2D eigenvalue weighted by atomic mass is 32.1. The van der Waals surface area contributed by atoms with Gasteiger partial charge < -0.3 is 10.2 Å². The third-order valence-electron chi connectivity index (χ3n) is 4.30. The van der Waals surface area contributed by atoms with E-state index in [9.17, 15) is 0 Å². The highest BCUT2D eigenvalue weighted by molar-refractivity contribution is 7.10. The minimum absolute atomic E-state index is 0.548. The van der Waals surface area contributed by atoms with Crippen LogP contribution in [0.25, 0.3) is 0 Å². The predicted octanol–water partition coefficient (Wildman–Crippen LogP) is 3.91. The van der Waals surface area contributed by atoms with Gasteiger partial charge in [-0.05, 0) is 57.1 Å².